The molecule has 0 heterocycles. The molecule has 1 unspecified atom stereocenters. The van der Waals surface area contributed by atoms with Crippen molar-refractivity contribution in [2.24, 2.45) is 10.7 Å². The highest BCUT2D eigenvalue weighted by molar-refractivity contribution is 5.82. The van der Waals surface area contributed by atoms with Crippen molar-refractivity contribution >= 4 is 18.3 Å². The lowest BCUT2D eigenvalue weighted by molar-refractivity contribution is -0.138. The zero-order valence-electron chi connectivity index (χ0n) is 11.1. The molecular weight excluding hydrogens is 254 g/mol. The van der Waals surface area contributed by atoms with Crippen LogP contribution in [0.5, 0.6) is 0 Å². The number of carboxylic acid groups (broad SMARTS) is 1. The lowest BCUT2D eigenvalue weighted by atomic mass is 10.1. The molecule has 0 saturated carbocycles. The highest BCUT2D eigenvalue weighted by atomic mass is 16.4. The molecule has 0 aromatic heterocycles. The summed E-state index contributed by atoms with van der Waals surface area (Å²) in [6.07, 6.45) is 6.03. The van der Waals surface area contributed by atoms with Gasteiger partial charge in [0.2, 0.25) is 0 Å². The Morgan fingerprint density at radius 2 is 2.15 bits per heavy atom. The molecular formula is C15H17N3O2. The maximum absolute atomic E-state index is 10.9. The van der Waals surface area contributed by atoms with Crippen molar-refractivity contribution in [3.63, 3.8) is 0 Å². The SMILES string of the molecule is N#Cc1ccc(/C=C/C=NC(CCCN)C(=O)O)cc1. The molecule has 104 valence electrons. The Labute approximate surface area is 118 Å². The third-order valence-electron chi connectivity index (χ3n) is 2.65. The van der Waals surface area contributed by atoms with Gasteiger partial charge in [0.05, 0.1) is 11.6 Å². The number of nitrogens with two attached hydrogens (primary N) is 1. The normalized spacial score (nSPS) is 12.6. The number of nitriles is 1. The van der Waals surface area contributed by atoms with Crippen LogP contribution in [0, 0.1) is 11.3 Å². The van der Waals surface area contributed by atoms with Crippen LogP contribution in [0.3, 0.4) is 0 Å². The maximum atomic E-state index is 10.9. The fraction of sp³-hybridized carbons (Fsp3) is 0.267. The molecule has 1 aromatic carbocycles. The number of nitrogens with zero attached hydrogens (tertiary/aromatic N) is 2. The number of carboxylic acids is 1. The third-order valence-corrected chi connectivity index (χ3v) is 2.65. The summed E-state index contributed by atoms with van der Waals surface area (Å²) in [5.41, 5.74) is 6.87. The first-order valence-corrected chi connectivity index (χ1v) is 6.30. The standard InChI is InChI=1S/C15H17N3O2/c16-9-1-4-14(15(19)20)18-10-2-3-12-5-7-13(11-17)8-6-12/h2-3,5-8,10,14H,1,4,9,16H2,(H,19,20)/b3-2+,18-10?. The van der Waals surface area contributed by atoms with E-state index in [1.807, 2.05) is 18.2 Å². The highest BCUT2D eigenvalue weighted by Gasteiger charge is 2.13. The Kier molecular flexibility index (Phi) is 6.72. The number of carbonyl (C=O) groups is 1. The van der Waals surface area contributed by atoms with Gasteiger partial charge in [-0.25, -0.2) is 4.79 Å². The molecule has 0 radical (unpaired) electrons. The van der Waals surface area contributed by atoms with Crippen LogP contribution in [0.1, 0.15) is 24.0 Å². The van der Waals surface area contributed by atoms with Gasteiger partial charge >= 0.3 is 5.97 Å². The molecule has 0 spiro atoms. The van der Waals surface area contributed by atoms with E-state index in [1.54, 1.807) is 24.3 Å². The second-order valence-electron chi connectivity index (χ2n) is 4.18. The number of allylic oxidation sites excluding steroid dienone is 1. The summed E-state index contributed by atoms with van der Waals surface area (Å²) in [6, 6.07) is 8.36. The number of rotatable bonds is 7. The van der Waals surface area contributed by atoms with E-state index >= 15 is 0 Å². The van der Waals surface area contributed by atoms with Gasteiger partial charge in [0.25, 0.3) is 0 Å². The van der Waals surface area contributed by atoms with Gasteiger partial charge in [-0.2, -0.15) is 5.26 Å². The van der Waals surface area contributed by atoms with Gasteiger partial charge in [-0.3, -0.25) is 4.99 Å². The lowest BCUT2D eigenvalue weighted by Crippen LogP contribution is -2.19. The smallest absolute Gasteiger partial charge is 0.328 e. The number of hydrogen-bond donors (Lipinski definition) is 2. The third kappa shape index (κ3) is 5.46. The predicted molar refractivity (Wildman–Crippen MR) is 78.4 cm³/mol. The molecule has 0 aliphatic heterocycles. The summed E-state index contributed by atoms with van der Waals surface area (Å²) in [5.74, 6) is -0.943. The Hall–Kier alpha value is -2.45. The first-order chi connectivity index (χ1) is 9.67. The molecule has 0 bridgehead atoms. The summed E-state index contributed by atoms with van der Waals surface area (Å²) >= 11 is 0. The van der Waals surface area contributed by atoms with Crippen molar-refractivity contribution in [3.05, 3.63) is 41.5 Å². The molecule has 0 aliphatic rings. The zero-order chi connectivity index (χ0) is 14.8. The van der Waals surface area contributed by atoms with E-state index in [1.165, 1.54) is 6.21 Å². The van der Waals surface area contributed by atoms with Crippen LogP contribution < -0.4 is 5.73 Å². The molecule has 1 rings (SSSR count). The van der Waals surface area contributed by atoms with E-state index in [0.29, 0.717) is 24.9 Å². The minimum Gasteiger partial charge on any atom is -0.480 e. The maximum Gasteiger partial charge on any atom is 0.328 e. The van der Waals surface area contributed by atoms with Crippen LogP contribution in [0.25, 0.3) is 6.08 Å². The lowest BCUT2D eigenvalue weighted by Gasteiger charge is -2.04. The average molecular weight is 271 g/mol. The fourth-order valence-corrected chi connectivity index (χ4v) is 1.55. The second kappa shape index (κ2) is 8.62. The first-order valence-electron chi connectivity index (χ1n) is 6.30. The molecule has 5 heteroatoms. The van der Waals surface area contributed by atoms with E-state index in [2.05, 4.69) is 4.99 Å². The van der Waals surface area contributed by atoms with Crippen molar-refractivity contribution in [3.8, 4) is 6.07 Å². The summed E-state index contributed by atoms with van der Waals surface area (Å²) in [7, 11) is 0. The van der Waals surface area contributed by atoms with E-state index in [0.717, 1.165) is 5.56 Å². The van der Waals surface area contributed by atoms with Gasteiger partial charge < -0.3 is 10.8 Å². The summed E-state index contributed by atoms with van der Waals surface area (Å²) in [6.45, 7) is 0.459. The van der Waals surface area contributed by atoms with Gasteiger partial charge in [0, 0.05) is 6.21 Å². The van der Waals surface area contributed by atoms with Gasteiger partial charge in [0.1, 0.15) is 6.04 Å². The van der Waals surface area contributed by atoms with Crippen LogP contribution in [0.4, 0.5) is 0 Å². The summed E-state index contributed by atoms with van der Waals surface area (Å²) in [4.78, 5) is 14.9. The Balaban J connectivity index is 2.58. The molecule has 0 amide bonds. The van der Waals surface area contributed by atoms with Crippen molar-refractivity contribution in [1.29, 1.82) is 5.26 Å². The van der Waals surface area contributed by atoms with Crippen LogP contribution in [-0.4, -0.2) is 29.9 Å². The monoisotopic (exact) mass is 271 g/mol. The van der Waals surface area contributed by atoms with Crippen molar-refractivity contribution in [2.75, 3.05) is 6.54 Å². The molecule has 0 saturated heterocycles. The molecule has 20 heavy (non-hydrogen) atoms. The van der Waals surface area contributed by atoms with E-state index < -0.39 is 12.0 Å². The van der Waals surface area contributed by atoms with Gasteiger partial charge in [-0.15, -0.1) is 0 Å². The minimum atomic E-state index is -0.943. The number of hydrogen-bond acceptors (Lipinski definition) is 4. The number of aliphatic carboxylic acids is 1. The predicted octanol–water partition coefficient (Wildman–Crippen LogP) is 1.83. The van der Waals surface area contributed by atoms with Gasteiger partial charge in [0.15, 0.2) is 0 Å². The van der Waals surface area contributed by atoms with E-state index in [4.69, 9.17) is 16.1 Å². The topological polar surface area (TPSA) is 99.5 Å². The van der Waals surface area contributed by atoms with Crippen LogP contribution >= 0.6 is 0 Å². The molecule has 0 fully saturated rings. The van der Waals surface area contributed by atoms with Crippen LogP contribution in [-0.2, 0) is 4.79 Å². The molecule has 3 N–H and O–H groups in total. The van der Waals surface area contributed by atoms with Crippen molar-refractivity contribution in [1.82, 2.24) is 0 Å². The fourth-order valence-electron chi connectivity index (χ4n) is 1.55. The quantitative estimate of drug-likeness (QED) is 0.739. The van der Waals surface area contributed by atoms with Crippen LogP contribution in [0.15, 0.2) is 35.3 Å². The van der Waals surface area contributed by atoms with E-state index in [-0.39, 0.29) is 0 Å². The minimum absolute atomic E-state index is 0.438. The summed E-state index contributed by atoms with van der Waals surface area (Å²) < 4.78 is 0. The Morgan fingerprint density at radius 1 is 1.45 bits per heavy atom. The molecule has 5 nitrogen and oxygen atoms in total. The van der Waals surface area contributed by atoms with Gasteiger partial charge in [-0.1, -0.05) is 18.2 Å². The zero-order valence-corrected chi connectivity index (χ0v) is 11.1. The molecule has 0 aliphatic carbocycles. The Bertz CT molecular complexity index is 527. The first kappa shape index (κ1) is 15.6. The van der Waals surface area contributed by atoms with Gasteiger partial charge in [-0.05, 0) is 43.2 Å². The molecule has 1 aromatic rings. The number of aliphatic imine (C=N–C) groups is 1. The largest absolute Gasteiger partial charge is 0.480 e. The van der Waals surface area contributed by atoms with Crippen molar-refractivity contribution < 1.29 is 9.90 Å². The van der Waals surface area contributed by atoms with E-state index in [9.17, 15) is 4.79 Å². The average Bonchev–Trinajstić information content (AvgIpc) is 2.46. The Morgan fingerprint density at radius 3 is 2.70 bits per heavy atom. The molecule has 1 atom stereocenters. The summed E-state index contributed by atoms with van der Waals surface area (Å²) in [5, 5.41) is 17.6. The highest BCUT2D eigenvalue weighted by Crippen LogP contribution is 2.05. The number of benzene rings is 1. The second-order valence-corrected chi connectivity index (χ2v) is 4.18. The van der Waals surface area contributed by atoms with Crippen LogP contribution in [0.2, 0.25) is 0 Å². The van der Waals surface area contributed by atoms with Crippen molar-refractivity contribution in [2.45, 2.75) is 18.9 Å².